The molecule has 2 N–H and O–H groups in total. The summed E-state index contributed by atoms with van der Waals surface area (Å²) in [6, 6.07) is 1.05. The van der Waals surface area contributed by atoms with E-state index in [4.69, 9.17) is 24.9 Å². The molecule has 31 heavy (non-hydrogen) atoms. The van der Waals surface area contributed by atoms with Crippen LogP contribution >= 0.6 is 0 Å². The molecule has 5 rings (SSSR count). The topological polar surface area (TPSA) is 112 Å². The Morgan fingerprint density at radius 2 is 1.58 bits per heavy atom. The summed E-state index contributed by atoms with van der Waals surface area (Å²) in [6.07, 6.45) is -1.45. The summed E-state index contributed by atoms with van der Waals surface area (Å²) in [5.41, 5.74) is 5.52. The number of hydrogen-bond acceptors (Lipinski definition) is 10. The molecule has 0 radical (unpaired) electrons. The van der Waals surface area contributed by atoms with Gasteiger partial charge in [-0.15, -0.1) is 0 Å². The summed E-state index contributed by atoms with van der Waals surface area (Å²) in [5, 5.41) is 0. The van der Waals surface area contributed by atoms with Gasteiger partial charge in [0.15, 0.2) is 5.82 Å². The number of nitrogen functional groups attached to an aromatic ring is 1. The number of nitrogens with two attached hydrogens (primary N) is 1. The highest BCUT2D eigenvalue weighted by Crippen LogP contribution is 2.33. The fourth-order valence-corrected chi connectivity index (χ4v) is 4.07. The van der Waals surface area contributed by atoms with E-state index in [1.165, 1.54) is 6.20 Å². The van der Waals surface area contributed by atoms with E-state index in [9.17, 15) is 8.78 Å². The Labute approximate surface area is 177 Å². The van der Waals surface area contributed by atoms with Crippen LogP contribution in [0.15, 0.2) is 12.3 Å². The molecule has 3 aliphatic rings. The molecule has 0 aromatic carbocycles. The van der Waals surface area contributed by atoms with Gasteiger partial charge in [0.1, 0.15) is 5.82 Å². The third-order valence-corrected chi connectivity index (χ3v) is 5.60. The van der Waals surface area contributed by atoms with Gasteiger partial charge in [0.05, 0.1) is 51.7 Å². The normalized spacial score (nSPS) is 24.0. The number of fused-ring (bicyclic) bond motifs is 2. The Balaban J connectivity index is 1.62. The van der Waals surface area contributed by atoms with E-state index < -0.39 is 6.43 Å². The van der Waals surface area contributed by atoms with E-state index in [2.05, 4.69) is 19.9 Å². The molecule has 0 saturated carbocycles. The number of nitrogens with zero attached hydrogens (tertiary/aromatic N) is 6. The zero-order chi connectivity index (χ0) is 21.4. The molecule has 0 unspecified atom stereocenters. The molecule has 3 saturated heterocycles. The van der Waals surface area contributed by atoms with Crippen molar-refractivity contribution in [3.8, 4) is 11.4 Å². The highest BCUT2D eigenvalue weighted by molar-refractivity contribution is 5.64. The first kappa shape index (κ1) is 20.2. The predicted octanol–water partition coefficient (Wildman–Crippen LogP) is 0.894. The maximum Gasteiger partial charge on any atom is 0.264 e. The minimum Gasteiger partial charge on any atom is -0.384 e. The third-order valence-electron chi connectivity index (χ3n) is 5.60. The number of morpholine rings is 3. The number of aromatic nitrogens is 4. The Kier molecular flexibility index (Phi) is 5.50. The van der Waals surface area contributed by atoms with Crippen molar-refractivity contribution >= 4 is 17.7 Å². The molecule has 2 aromatic heterocycles. The smallest absolute Gasteiger partial charge is 0.264 e. The number of ether oxygens (including phenoxy) is 3. The van der Waals surface area contributed by atoms with Gasteiger partial charge in [0.25, 0.3) is 6.43 Å². The van der Waals surface area contributed by atoms with E-state index in [0.29, 0.717) is 64.6 Å². The van der Waals surface area contributed by atoms with E-state index in [0.717, 1.165) is 6.07 Å². The van der Waals surface area contributed by atoms with Crippen molar-refractivity contribution < 1.29 is 23.0 Å². The molecule has 12 heteroatoms. The lowest BCUT2D eigenvalue weighted by Gasteiger charge is -2.45. The van der Waals surface area contributed by atoms with Crippen LogP contribution in [0.25, 0.3) is 11.4 Å². The van der Waals surface area contributed by atoms with Crippen molar-refractivity contribution in [2.24, 2.45) is 0 Å². The van der Waals surface area contributed by atoms with E-state index in [1.807, 2.05) is 4.90 Å². The van der Waals surface area contributed by atoms with Crippen LogP contribution in [0.1, 0.15) is 12.0 Å². The summed E-state index contributed by atoms with van der Waals surface area (Å²) in [6.45, 7) is 4.21. The van der Waals surface area contributed by atoms with Crippen molar-refractivity contribution in [3.63, 3.8) is 0 Å². The van der Waals surface area contributed by atoms with Crippen LogP contribution in [-0.2, 0) is 14.2 Å². The van der Waals surface area contributed by atoms with Gasteiger partial charge in [-0.2, -0.15) is 15.0 Å². The van der Waals surface area contributed by atoms with E-state index in [-0.39, 0.29) is 34.9 Å². The first-order valence-electron chi connectivity index (χ1n) is 10.2. The number of rotatable bonds is 4. The SMILES string of the molecule is Nc1cc(C(F)F)c(-c2nc(N3CCOCC3)nc(N3C4COCC3COC4)n2)cn1. The standard InChI is InChI=1S/C19H23F2N7O3/c20-16(21)13-5-15(22)23-6-14(13)17-24-18(27-1-3-29-4-2-27)26-19(25-17)28-11-7-30-9-12(28)10-31-8-11/h5-6,11-12,16H,1-4,7-10H2,(H2,22,23). The molecule has 3 fully saturated rings. The minimum absolute atomic E-state index is 0.0154. The molecule has 5 heterocycles. The summed E-state index contributed by atoms with van der Waals surface area (Å²) < 4.78 is 44.3. The first-order chi connectivity index (χ1) is 15.1. The molecular weight excluding hydrogens is 412 g/mol. The van der Waals surface area contributed by atoms with Gasteiger partial charge in [0, 0.05) is 30.4 Å². The van der Waals surface area contributed by atoms with Gasteiger partial charge in [0.2, 0.25) is 11.9 Å². The summed E-state index contributed by atoms with van der Waals surface area (Å²) in [5.74, 6) is 0.998. The van der Waals surface area contributed by atoms with Gasteiger partial charge in [-0.25, -0.2) is 13.8 Å². The number of alkyl halides is 2. The summed E-state index contributed by atoms with van der Waals surface area (Å²) in [4.78, 5) is 21.9. The lowest BCUT2D eigenvalue weighted by Crippen LogP contribution is -2.60. The molecule has 10 nitrogen and oxygen atoms in total. The molecule has 0 spiro atoms. The van der Waals surface area contributed by atoms with Crippen molar-refractivity contribution in [3.05, 3.63) is 17.8 Å². The largest absolute Gasteiger partial charge is 0.384 e. The van der Waals surface area contributed by atoms with Crippen LogP contribution in [-0.4, -0.2) is 84.8 Å². The maximum atomic E-state index is 13.8. The highest BCUT2D eigenvalue weighted by Gasteiger charge is 2.38. The van der Waals surface area contributed by atoms with Crippen molar-refractivity contribution in [1.29, 1.82) is 0 Å². The quantitative estimate of drug-likeness (QED) is 0.743. The first-order valence-corrected chi connectivity index (χ1v) is 10.2. The Bertz CT molecular complexity index is 923. The van der Waals surface area contributed by atoms with Crippen molar-refractivity contribution in [2.45, 2.75) is 18.5 Å². The van der Waals surface area contributed by atoms with Crippen LogP contribution in [0.4, 0.5) is 26.5 Å². The second-order valence-corrected chi connectivity index (χ2v) is 7.65. The Hall–Kier alpha value is -2.70. The van der Waals surface area contributed by atoms with E-state index >= 15 is 0 Å². The Morgan fingerprint density at radius 1 is 0.935 bits per heavy atom. The average Bonchev–Trinajstić information content (AvgIpc) is 2.78. The minimum atomic E-state index is -2.75. The number of hydrogen-bond donors (Lipinski definition) is 1. The summed E-state index contributed by atoms with van der Waals surface area (Å²) >= 11 is 0. The number of pyridine rings is 1. The van der Waals surface area contributed by atoms with Crippen LogP contribution in [0, 0.1) is 0 Å². The van der Waals surface area contributed by atoms with Gasteiger partial charge in [-0.3, -0.25) is 0 Å². The molecule has 166 valence electrons. The monoisotopic (exact) mass is 435 g/mol. The van der Waals surface area contributed by atoms with Crippen molar-refractivity contribution in [2.75, 3.05) is 68.3 Å². The fourth-order valence-electron chi connectivity index (χ4n) is 4.07. The summed E-state index contributed by atoms with van der Waals surface area (Å²) in [7, 11) is 0. The predicted molar refractivity (Wildman–Crippen MR) is 107 cm³/mol. The zero-order valence-electron chi connectivity index (χ0n) is 16.8. The maximum absolute atomic E-state index is 13.8. The molecule has 2 aromatic rings. The van der Waals surface area contributed by atoms with Crippen LogP contribution < -0.4 is 15.5 Å². The van der Waals surface area contributed by atoms with Crippen LogP contribution in [0.5, 0.6) is 0 Å². The second-order valence-electron chi connectivity index (χ2n) is 7.65. The van der Waals surface area contributed by atoms with Crippen LogP contribution in [0.2, 0.25) is 0 Å². The van der Waals surface area contributed by atoms with Crippen molar-refractivity contribution in [1.82, 2.24) is 19.9 Å². The van der Waals surface area contributed by atoms with Gasteiger partial charge < -0.3 is 29.7 Å². The van der Waals surface area contributed by atoms with E-state index in [1.54, 1.807) is 0 Å². The molecule has 0 atom stereocenters. The van der Waals surface area contributed by atoms with Crippen LogP contribution in [0.3, 0.4) is 0 Å². The molecular formula is C19H23F2N7O3. The van der Waals surface area contributed by atoms with Gasteiger partial charge in [-0.1, -0.05) is 0 Å². The van der Waals surface area contributed by atoms with Gasteiger partial charge in [-0.05, 0) is 6.07 Å². The fraction of sp³-hybridized carbons (Fsp3) is 0.579. The number of anilines is 3. The molecule has 0 amide bonds. The second kappa shape index (κ2) is 8.44. The Morgan fingerprint density at radius 3 is 2.23 bits per heavy atom. The molecule has 0 aliphatic carbocycles. The van der Waals surface area contributed by atoms with Gasteiger partial charge >= 0.3 is 0 Å². The molecule has 2 bridgehead atoms. The third kappa shape index (κ3) is 3.98. The lowest BCUT2D eigenvalue weighted by atomic mass is 10.1. The molecule has 3 aliphatic heterocycles. The highest BCUT2D eigenvalue weighted by atomic mass is 19.3. The average molecular weight is 435 g/mol. The zero-order valence-corrected chi connectivity index (χ0v) is 16.8. The lowest BCUT2D eigenvalue weighted by molar-refractivity contribution is -0.0355. The number of halogens is 2.